The van der Waals surface area contributed by atoms with Crippen LogP contribution in [0.1, 0.15) is 31.4 Å². The Morgan fingerprint density at radius 2 is 2.05 bits per heavy atom. The fourth-order valence-electron chi connectivity index (χ4n) is 2.54. The second kappa shape index (κ2) is 5.91. The minimum Gasteiger partial charge on any atom is -0.367 e. The second-order valence-electron chi connectivity index (χ2n) is 5.55. The van der Waals surface area contributed by atoms with Crippen LogP contribution in [0.25, 0.3) is 5.95 Å². The first kappa shape index (κ1) is 15.3. The van der Waals surface area contributed by atoms with E-state index in [0.717, 1.165) is 5.69 Å². The van der Waals surface area contributed by atoms with Crippen LogP contribution in [-0.2, 0) is 0 Å². The normalized spacial score (nSPS) is 18.4. The molecule has 2 aromatic rings. The molecule has 1 N–H and O–H groups in total. The average molecular weight is 372 g/mol. The van der Waals surface area contributed by atoms with Crippen LogP contribution in [-0.4, -0.2) is 31.7 Å². The van der Waals surface area contributed by atoms with Crippen LogP contribution in [0.2, 0.25) is 0 Å². The molecular weight excluding hydrogens is 356 g/mol. The van der Waals surface area contributed by atoms with Crippen LogP contribution in [0.5, 0.6) is 0 Å². The Labute approximate surface area is 135 Å². The molecule has 0 atom stereocenters. The van der Waals surface area contributed by atoms with Gasteiger partial charge in [-0.25, -0.2) is 18.4 Å². The molecule has 2 heterocycles. The van der Waals surface area contributed by atoms with E-state index in [4.69, 9.17) is 0 Å². The molecule has 0 unspecified atom stereocenters. The Hall–Kier alpha value is -1.57. The van der Waals surface area contributed by atoms with E-state index in [2.05, 4.69) is 36.3 Å². The molecule has 0 aliphatic heterocycles. The van der Waals surface area contributed by atoms with Gasteiger partial charge < -0.3 is 5.32 Å². The van der Waals surface area contributed by atoms with E-state index in [1.807, 2.05) is 13.0 Å². The molecule has 22 heavy (non-hydrogen) atoms. The van der Waals surface area contributed by atoms with Gasteiger partial charge in [0.2, 0.25) is 5.92 Å². The largest absolute Gasteiger partial charge is 0.367 e. The summed E-state index contributed by atoms with van der Waals surface area (Å²) >= 11 is 3.28. The van der Waals surface area contributed by atoms with Crippen LogP contribution < -0.4 is 5.32 Å². The van der Waals surface area contributed by atoms with Crippen LogP contribution in [0.3, 0.4) is 0 Å². The highest BCUT2D eigenvalue weighted by Gasteiger charge is 2.34. The van der Waals surface area contributed by atoms with Gasteiger partial charge in [0, 0.05) is 36.8 Å². The fraction of sp³-hybridized carbons (Fsp3) is 0.500. The standard InChI is InChI=1S/C14H16BrF2N5/c1-9-8-12(19-10-2-5-14(16,17)6-3-10)20-13(18-9)22-7-4-11(15)21-22/h4,7-8,10H,2-3,5-6H2,1H3,(H,18,19,20). The van der Waals surface area contributed by atoms with E-state index < -0.39 is 5.92 Å². The van der Waals surface area contributed by atoms with Crippen molar-refractivity contribution >= 4 is 21.7 Å². The zero-order valence-corrected chi connectivity index (χ0v) is 13.6. The van der Waals surface area contributed by atoms with Gasteiger partial charge in [-0.1, -0.05) is 0 Å². The number of halogens is 3. The molecule has 0 radical (unpaired) electrons. The molecule has 0 bridgehead atoms. The summed E-state index contributed by atoms with van der Waals surface area (Å²) in [5, 5.41) is 7.45. The van der Waals surface area contributed by atoms with Crippen molar-refractivity contribution in [3.8, 4) is 5.95 Å². The smallest absolute Gasteiger partial charge is 0.252 e. The Bertz CT molecular complexity index is 663. The molecule has 0 amide bonds. The number of alkyl halides is 2. The number of anilines is 1. The summed E-state index contributed by atoms with van der Waals surface area (Å²) in [5.41, 5.74) is 0.792. The lowest BCUT2D eigenvalue weighted by Crippen LogP contribution is -2.32. The van der Waals surface area contributed by atoms with Crippen molar-refractivity contribution in [3.63, 3.8) is 0 Å². The number of hydrogen-bond acceptors (Lipinski definition) is 4. The molecule has 3 rings (SSSR count). The van der Waals surface area contributed by atoms with Crippen molar-refractivity contribution in [3.05, 3.63) is 28.6 Å². The van der Waals surface area contributed by atoms with Gasteiger partial charge in [-0.15, -0.1) is 0 Å². The zero-order chi connectivity index (χ0) is 15.7. The highest BCUT2D eigenvalue weighted by atomic mass is 79.9. The first-order valence-electron chi connectivity index (χ1n) is 7.13. The molecule has 2 aromatic heterocycles. The lowest BCUT2D eigenvalue weighted by Gasteiger charge is -2.29. The van der Waals surface area contributed by atoms with Crippen LogP contribution >= 0.6 is 15.9 Å². The van der Waals surface area contributed by atoms with Crippen molar-refractivity contribution in [1.29, 1.82) is 0 Å². The maximum atomic E-state index is 13.2. The third-order valence-corrected chi connectivity index (χ3v) is 4.10. The molecule has 1 aliphatic rings. The van der Waals surface area contributed by atoms with Crippen molar-refractivity contribution in [2.45, 2.75) is 44.6 Å². The maximum Gasteiger partial charge on any atom is 0.252 e. The van der Waals surface area contributed by atoms with Crippen molar-refractivity contribution in [1.82, 2.24) is 19.7 Å². The van der Waals surface area contributed by atoms with Gasteiger partial charge in [-0.05, 0) is 41.8 Å². The molecular formula is C14H16BrF2N5. The average Bonchev–Trinajstić information content (AvgIpc) is 2.87. The summed E-state index contributed by atoms with van der Waals surface area (Å²) in [4.78, 5) is 8.76. The summed E-state index contributed by atoms with van der Waals surface area (Å²) in [7, 11) is 0. The minimum absolute atomic E-state index is 0.0196. The maximum absolute atomic E-state index is 13.2. The summed E-state index contributed by atoms with van der Waals surface area (Å²) in [6, 6.07) is 3.63. The molecule has 8 heteroatoms. The quantitative estimate of drug-likeness (QED) is 0.892. The van der Waals surface area contributed by atoms with Gasteiger partial charge >= 0.3 is 0 Å². The van der Waals surface area contributed by atoms with Gasteiger partial charge in [-0.2, -0.15) is 10.1 Å². The predicted octanol–water partition coefficient (Wildman–Crippen LogP) is 3.72. The van der Waals surface area contributed by atoms with Crippen molar-refractivity contribution in [2.75, 3.05) is 5.32 Å². The van der Waals surface area contributed by atoms with Gasteiger partial charge in [0.25, 0.3) is 5.95 Å². The topological polar surface area (TPSA) is 55.6 Å². The molecule has 1 aliphatic carbocycles. The van der Waals surface area contributed by atoms with E-state index in [1.165, 1.54) is 0 Å². The first-order chi connectivity index (χ1) is 10.4. The Morgan fingerprint density at radius 3 is 2.68 bits per heavy atom. The van der Waals surface area contributed by atoms with Gasteiger partial charge in [0.15, 0.2) is 0 Å². The number of nitrogens with zero attached hydrogens (tertiary/aromatic N) is 4. The van der Waals surface area contributed by atoms with Crippen LogP contribution in [0, 0.1) is 6.92 Å². The van der Waals surface area contributed by atoms with E-state index in [1.54, 1.807) is 16.9 Å². The highest BCUT2D eigenvalue weighted by Crippen LogP contribution is 2.34. The molecule has 0 aromatic carbocycles. The second-order valence-corrected chi connectivity index (χ2v) is 6.36. The Kier molecular flexibility index (Phi) is 4.12. The first-order valence-corrected chi connectivity index (χ1v) is 7.92. The van der Waals surface area contributed by atoms with E-state index in [-0.39, 0.29) is 18.9 Å². The van der Waals surface area contributed by atoms with Gasteiger partial charge in [0.05, 0.1) is 0 Å². The summed E-state index contributed by atoms with van der Waals surface area (Å²) in [6.07, 6.45) is 2.49. The van der Waals surface area contributed by atoms with Gasteiger partial charge in [0.1, 0.15) is 10.4 Å². The third-order valence-electron chi connectivity index (χ3n) is 3.67. The third kappa shape index (κ3) is 3.60. The van der Waals surface area contributed by atoms with E-state index in [9.17, 15) is 8.78 Å². The summed E-state index contributed by atoms with van der Waals surface area (Å²) < 4.78 is 28.7. The molecule has 118 valence electrons. The van der Waals surface area contributed by atoms with E-state index in [0.29, 0.717) is 29.2 Å². The number of aryl methyl sites for hydroxylation is 1. The SMILES string of the molecule is Cc1cc(NC2CCC(F)(F)CC2)nc(-n2ccc(Br)n2)n1. The monoisotopic (exact) mass is 371 g/mol. The minimum atomic E-state index is -2.52. The lowest BCUT2D eigenvalue weighted by molar-refractivity contribution is -0.0361. The van der Waals surface area contributed by atoms with Crippen LogP contribution in [0.15, 0.2) is 22.9 Å². The number of hydrogen-bond donors (Lipinski definition) is 1. The molecule has 1 saturated carbocycles. The number of aromatic nitrogens is 4. The number of nitrogens with one attached hydrogen (secondary N) is 1. The molecule has 0 saturated heterocycles. The summed E-state index contributed by atoms with van der Waals surface area (Å²) in [5.74, 6) is -1.43. The fourth-order valence-corrected chi connectivity index (χ4v) is 2.83. The molecule has 5 nitrogen and oxygen atoms in total. The summed E-state index contributed by atoms with van der Waals surface area (Å²) in [6.45, 7) is 1.87. The van der Waals surface area contributed by atoms with Gasteiger partial charge in [-0.3, -0.25) is 0 Å². The molecule has 1 fully saturated rings. The highest BCUT2D eigenvalue weighted by molar-refractivity contribution is 9.10. The van der Waals surface area contributed by atoms with Crippen LogP contribution in [0.4, 0.5) is 14.6 Å². The molecule has 0 spiro atoms. The predicted molar refractivity (Wildman–Crippen MR) is 82.4 cm³/mol. The Balaban J connectivity index is 1.76. The van der Waals surface area contributed by atoms with E-state index >= 15 is 0 Å². The Morgan fingerprint density at radius 1 is 1.32 bits per heavy atom. The van der Waals surface area contributed by atoms with Crippen molar-refractivity contribution in [2.24, 2.45) is 0 Å². The lowest BCUT2D eigenvalue weighted by atomic mass is 9.92. The zero-order valence-electron chi connectivity index (χ0n) is 12.1. The number of rotatable bonds is 3. The van der Waals surface area contributed by atoms with Crippen molar-refractivity contribution < 1.29 is 8.78 Å².